The van der Waals surface area contributed by atoms with E-state index >= 15 is 0 Å². The molecule has 1 aromatic rings. The lowest BCUT2D eigenvalue weighted by molar-refractivity contribution is 0.511. The second-order valence-electron chi connectivity index (χ2n) is 4.43. The molecule has 2 heteroatoms. The number of hydrogen-bond donors (Lipinski definition) is 1. The summed E-state index contributed by atoms with van der Waals surface area (Å²) >= 11 is 0. The van der Waals surface area contributed by atoms with E-state index in [4.69, 9.17) is 5.73 Å². The Morgan fingerprint density at radius 3 is 2.57 bits per heavy atom. The minimum Gasteiger partial charge on any atom is -0.327 e. The predicted molar refractivity (Wildman–Crippen MR) is 55.7 cm³/mol. The van der Waals surface area contributed by atoms with Crippen molar-refractivity contribution in [3.05, 3.63) is 35.1 Å². The Bertz CT molecular complexity index is 353. The number of nitrogens with two attached hydrogens (primary N) is 1. The number of benzene rings is 1. The molecule has 0 radical (unpaired) electrons. The van der Waals surface area contributed by atoms with E-state index < -0.39 is 0 Å². The lowest BCUT2D eigenvalue weighted by Crippen LogP contribution is -2.32. The van der Waals surface area contributed by atoms with Gasteiger partial charge in [0.05, 0.1) is 0 Å². The monoisotopic (exact) mass is 193 g/mol. The molecule has 0 aromatic heterocycles. The zero-order chi connectivity index (χ0) is 10.3. The van der Waals surface area contributed by atoms with E-state index in [1.807, 2.05) is 19.9 Å². The maximum atomic E-state index is 13.6. The Balaban J connectivity index is 2.46. The van der Waals surface area contributed by atoms with E-state index in [0.29, 0.717) is 0 Å². The van der Waals surface area contributed by atoms with Gasteiger partial charge in [0.15, 0.2) is 0 Å². The van der Waals surface area contributed by atoms with Gasteiger partial charge in [0.2, 0.25) is 0 Å². The van der Waals surface area contributed by atoms with Crippen molar-refractivity contribution in [3.63, 3.8) is 0 Å². The van der Waals surface area contributed by atoms with E-state index in [2.05, 4.69) is 0 Å². The van der Waals surface area contributed by atoms with Gasteiger partial charge in [0, 0.05) is 11.5 Å². The van der Waals surface area contributed by atoms with Crippen LogP contribution in [0.2, 0.25) is 0 Å². The zero-order valence-corrected chi connectivity index (χ0v) is 8.68. The third-order valence-electron chi connectivity index (χ3n) is 3.32. The third kappa shape index (κ3) is 1.34. The highest BCUT2D eigenvalue weighted by atomic mass is 19.1. The summed E-state index contributed by atoms with van der Waals surface area (Å²) in [6.45, 7) is 3.95. The van der Waals surface area contributed by atoms with Crippen LogP contribution >= 0.6 is 0 Å². The minimum atomic E-state index is -0.106. The van der Waals surface area contributed by atoms with Crippen LogP contribution in [0.4, 0.5) is 4.39 Å². The molecule has 14 heavy (non-hydrogen) atoms. The molecule has 1 aliphatic rings. The average Bonchev–Trinajstić information content (AvgIpc) is 2.90. The summed E-state index contributed by atoms with van der Waals surface area (Å²) in [5.74, 6) is -0.106. The summed E-state index contributed by atoms with van der Waals surface area (Å²) in [5, 5.41) is 0. The topological polar surface area (TPSA) is 26.0 Å². The van der Waals surface area contributed by atoms with Crippen LogP contribution < -0.4 is 5.73 Å². The van der Waals surface area contributed by atoms with E-state index in [0.717, 1.165) is 24.0 Å². The molecule has 0 bridgehead atoms. The van der Waals surface area contributed by atoms with Crippen LogP contribution in [-0.2, 0) is 5.41 Å². The summed E-state index contributed by atoms with van der Waals surface area (Å²) in [4.78, 5) is 0. The zero-order valence-electron chi connectivity index (χ0n) is 8.68. The molecule has 0 spiro atoms. The first kappa shape index (κ1) is 9.66. The molecule has 76 valence electrons. The molecule has 2 N–H and O–H groups in total. The first-order valence-electron chi connectivity index (χ1n) is 5.08. The standard InChI is InChI=1S/C12H16FN/c1-8-3-4-11(13)10(7-8)12(5-6-12)9(2)14/h3-4,7,9H,5-6,14H2,1-2H3. The van der Waals surface area contributed by atoms with Crippen LogP contribution in [0.3, 0.4) is 0 Å². The highest BCUT2D eigenvalue weighted by Crippen LogP contribution is 2.51. The Kier molecular flexibility index (Phi) is 2.11. The van der Waals surface area contributed by atoms with Gasteiger partial charge in [-0.3, -0.25) is 0 Å². The highest BCUT2D eigenvalue weighted by molar-refractivity contribution is 5.37. The predicted octanol–water partition coefficient (Wildman–Crippen LogP) is 2.51. The molecular formula is C12H16FN. The van der Waals surface area contributed by atoms with Gasteiger partial charge in [-0.2, -0.15) is 0 Å². The second-order valence-corrected chi connectivity index (χ2v) is 4.43. The van der Waals surface area contributed by atoms with Crippen molar-refractivity contribution in [2.75, 3.05) is 0 Å². The minimum absolute atomic E-state index is 0.0406. The highest BCUT2D eigenvalue weighted by Gasteiger charge is 2.48. The summed E-state index contributed by atoms with van der Waals surface area (Å²) in [7, 11) is 0. The first-order valence-corrected chi connectivity index (χ1v) is 5.08. The van der Waals surface area contributed by atoms with Crippen LogP contribution in [0.25, 0.3) is 0 Å². The molecule has 0 saturated heterocycles. The van der Waals surface area contributed by atoms with Gasteiger partial charge in [-0.1, -0.05) is 17.7 Å². The van der Waals surface area contributed by atoms with Crippen LogP contribution in [-0.4, -0.2) is 6.04 Å². The molecule has 2 rings (SSSR count). The SMILES string of the molecule is Cc1ccc(F)c(C2(C(C)N)CC2)c1. The maximum Gasteiger partial charge on any atom is 0.127 e. The molecule has 1 atom stereocenters. The number of rotatable bonds is 2. The molecule has 1 fully saturated rings. The van der Waals surface area contributed by atoms with E-state index in [9.17, 15) is 4.39 Å². The largest absolute Gasteiger partial charge is 0.327 e. The van der Waals surface area contributed by atoms with Gasteiger partial charge in [0.25, 0.3) is 0 Å². The van der Waals surface area contributed by atoms with Crippen molar-refractivity contribution >= 4 is 0 Å². The second kappa shape index (κ2) is 3.06. The third-order valence-corrected chi connectivity index (χ3v) is 3.32. The number of aryl methyl sites for hydroxylation is 1. The quantitative estimate of drug-likeness (QED) is 0.767. The molecular weight excluding hydrogens is 177 g/mol. The molecule has 1 nitrogen and oxygen atoms in total. The Labute approximate surface area is 84.1 Å². The fraction of sp³-hybridized carbons (Fsp3) is 0.500. The van der Waals surface area contributed by atoms with Gasteiger partial charge in [-0.15, -0.1) is 0 Å². The van der Waals surface area contributed by atoms with Gasteiger partial charge < -0.3 is 5.73 Å². The molecule has 1 unspecified atom stereocenters. The van der Waals surface area contributed by atoms with E-state index in [1.165, 1.54) is 0 Å². The normalized spacial score (nSPS) is 20.6. The lowest BCUT2D eigenvalue weighted by atomic mass is 9.88. The maximum absolute atomic E-state index is 13.6. The van der Waals surface area contributed by atoms with Gasteiger partial charge in [-0.05, 0) is 38.3 Å². The van der Waals surface area contributed by atoms with Crippen LogP contribution in [0.15, 0.2) is 18.2 Å². The van der Waals surface area contributed by atoms with Gasteiger partial charge in [-0.25, -0.2) is 4.39 Å². The molecule has 1 aliphatic carbocycles. The van der Waals surface area contributed by atoms with Crippen LogP contribution in [0.5, 0.6) is 0 Å². The smallest absolute Gasteiger partial charge is 0.127 e. The molecule has 1 aromatic carbocycles. The van der Waals surface area contributed by atoms with Crippen molar-refractivity contribution in [2.45, 2.75) is 38.1 Å². The summed E-state index contributed by atoms with van der Waals surface area (Å²) < 4.78 is 13.6. The molecule has 0 heterocycles. The Morgan fingerprint density at radius 2 is 2.07 bits per heavy atom. The van der Waals surface area contributed by atoms with Crippen LogP contribution in [0, 0.1) is 12.7 Å². The fourth-order valence-electron chi connectivity index (χ4n) is 2.13. The Hall–Kier alpha value is -0.890. The van der Waals surface area contributed by atoms with E-state index in [1.54, 1.807) is 12.1 Å². The first-order chi connectivity index (χ1) is 6.56. The van der Waals surface area contributed by atoms with Gasteiger partial charge >= 0.3 is 0 Å². The van der Waals surface area contributed by atoms with Crippen molar-refractivity contribution in [2.24, 2.45) is 5.73 Å². The van der Waals surface area contributed by atoms with Crippen molar-refractivity contribution in [3.8, 4) is 0 Å². The number of halogens is 1. The fourth-order valence-corrected chi connectivity index (χ4v) is 2.13. The molecule has 0 aliphatic heterocycles. The molecule has 1 saturated carbocycles. The van der Waals surface area contributed by atoms with Gasteiger partial charge in [0.1, 0.15) is 5.82 Å². The lowest BCUT2D eigenvalue weighted by Gasteiger charge is -2.21. The van der Waals surface area contributed by atoms with E-state index in [-0.39, 0.29) is 17.3 Å². The van der Waals surface area contributed by atoms with Crippen molar-refractivity contribution in [1.29, 1.82) is 0 Å². The summed E-state index contributed by atoms with van der Waals surface area (Å²) in [5.41, 5.74) is 7.76. The van der Waals surface area contributed by atoms with Crippen LogP contribution in [0.1, 0.15) is 30.9 Å². The summed E-state index contributed by atoms with van der Waals surface area (Å²) in [6, 6.07) is 5.33. The van der Waals surface area contributed by atoms with Crippen molar-refractivity contribution in [1.82, 2.24) is 0 Å². The average molecular weight is 193 g/mol. The Morgan fingerprint density at radius 1 is 1.43 bits per heavy atom. The summed E-state index contributed by atoms with van der Waals surface area (Å²) in [6.07, 6.45) is 2.04. The number of hydrogen-bond acceptors (Lipinski definition) is 1. The molecule has 0 amide bonds. The van der Waals surface area contributed by atoms with Crippen molar-refractivity contribution < 1.29 is 4.39 Å².